The Morgan fingerprint density at radius 3 is 2.60 bits per heavy atom. The highest BCUT2D eigenvalue weighted by atomic mass is 35.5. The molecule has 0 unspecified atom stereocenters. The molecule has 2 heteroatoms. The van der Waals surface area contributed by atoms with Gasteiger partial charge in [0, 0.05) is 11.1 Å². The van der Waals surface area contributed by atoms with E-state index in [-0.39, 0.29) is 5.82 Å². The van der Waals surface area contributed by atoms with Gasteiger partial charge < -0.3 is 0 Å². The quantitative estimate of drug-likeness (QED) is 0.586. The van der Waals surface area contributed by atoms with Crippen LogP contribution in [-0.4, -0.2) is 0 Å². The van der Waals surface area contributed by atoms with E-state index in [1.54, 1.807) is 18.2 Å². The number of halogens is 2. The molecule has 0 aliphatic heterocycles. The Morgan fingerprint density at radius 1 is 1.30 bits per heavy atom. The second-order valence-corrected chi connectivity index (χ2v) is 2.07. The van der Waals surface area contributed by atoms with Crippen LogP contribution in [0.4, 0.5) is 4.39 Å². The third-order valence-electron chi connectivity index (χ3n) is 1.15. The van der Waals surface area contributed by atoms with Crippen LogP contribution in [0.25, 0.3) is 6.08 Å². The van der Waals surface area contributed by atoms with E-state index in [1.807, 2.05) is 0 Å². The summed E-state index contributed by atoms with van der Waals surface area (Å²) in [5.41, 5.74) is 1.80. The number of hydrogen-bond acceptors (Lipinski definition) is 0. The third-order valence-corrected chi connectivity index (χ3v) is 1.27. The van der Waals surface area contributed by atoms with Gasteiger partial charge in [0.05, 0.1) is 0 Å². The van der Waals surface area contributed by atoms with Gasteiger partial charge in [-0.2, -0.15) is 0 Å². The zero-order chi connectivity index (χ0) is 7.40. The molecule has 0 aliphatic carbocycles. The molecule has 0 bridgehead atoms. The smallest absolute Gasteiger partial charge is 0.130 e. The minimum Gasteiger partial charge on any atom is -0.206 e. The van der Waals surface area contributed by atoms with Gasteiger partial charge in [0.2, 0.25) is 0 Å². The van der Waals surface area contributed by atoms with Crippen molar-refractivity contribution < 1.29 is 4.39 Å². The lowest BCUT2D eigenvalue weighted by Crippen LogP contribution is -1.77. The normalized spacial score (nSPS) is 10.6. The lowest BCUT2D eigenvalue weighted by Gasteiger charge is -1.91. The van der Waals surface area contributed by atoms with Crippen molar-refractivity contribution in [1.29, 1.82) is 0 Å². The van der Waals surface area contributed by atoms with Crippen LogP contribution >= 0.6 is 11.6 Å². The predicted octanol–water partition coefficient (Wildman–Crippen LogP) is 3.04. The fraction of sp³-hybridized carbons (Fsp3) is 0. The van der Waals surface area contributed by atoms with Crippen molar-refractivity contribution >= 4 is 17.7 Å². The molecule has 0 radical (unpaired) electrons. The topological polar surface area (TPSA) is 0 Å². The second kappa shape index (κ2) is 3.37. The van der Waals surface area contributed by atoms with E-state index in [0.29, 0.717) is 5.56 Å². The predicted molar refractivity (Wildman–Crippen MR) is 41.3 cm³/mol. The molecule has 0 fully saturated rings. The Morgan fingerprint density at radius 2 is 2.00 bits per heavy atom. The summed E-state index contributed by atoms with van der Waals surface area (Å²) in [7, 11) is 0. The molecule has 0 aliphatic rings. The zero-order valence-corrected chi connectivity index (χ0v) is 5.98. The van der Waals surface area contributed by atoms with E-state index in [2.05, 4.69) is 0 Å². The van der Waals surface area contributed by atoms with Crippen molar-refractivity contribution in [1.82, 2.24) is 0 Å². The van der Waals surface area contributed by atoms with Gasteiger partial charge in [0.1, 0.15) is 5.82 Å². The number of benzene rings is 1. The summed E-state index contributed by atoms with van der Waals surface area (Å²) in [6, 6.07) is 6.46. The first-order chi connectivity index (χ1) is 4.84. The van der Waals surface area contributed by atoms with Crippen molar-refractivity contribution in [2.24, 2.45) is 0 Å². The zero-order valence-electron chi connectivity index (χ0n) is 5.22. The minimum atomic E-state index is -0.251. The molecule has 0 spiro atoms. The molecule has 0 amide bonds. The molecule has 0 aromatic heterocycles. The van der Waals surface area contributed by atoms with Crippen molar-refractivity contribution in [3.05, 3.63) is 41.2 Å². The van der Waals surface area contributed by atoms with Gasteiger partial charge in [-0.15, -0.1) is 0 Å². The van der Waals surface area contributed by atoms with Crippen molar-refractivity contribution in [2.45, 2.75) is 0 Å². The van der Waals surface area contributed by atoms with Crippen LogP contribution in [0.1, 0.15) is 5.56 Å². The van der Waals surface area contributed by atoms with Gasteiger partial charge in [0.15, 0.2) is 0 Å². The Hall–Kier alpha value is -0.820. The summed E-state index contributed by atoms with van der Waals surface area (Å²) in [6.45, 7) is 0. The largest absolute Gasteiger partial charge is 0.206 e. The average Bonchev–Trinajstić information content (AvgIpc) is 1.94. The highest BCUT2D eigenvalue weighted by Crippen LogP contribution is 2.08. The monoisotopic (exact) mass is 156 g/mol. The molecule has 0 heterocycles. The summed E-state index contributed by atoms with van der Waals surface area (Å²) in [5.74, 6) is -0.251. The summed E-state index contributed by atoms with van der Waals surface area (Å²) >= 11 is 5.26. The molecule has 1 aromatic rings. The maximum absolute atomic E-state index is 12.7. The minimum absolute atomic E-state index is 0.251. The Kier molecular flexibility index (Phi) is 2.46. The molecule has 0 nitrogen and oxygen atoms in total. The van der Waals surface area contributed by atoms with Crippen LogP contribution in [0, 0.1) is 5.82 Å². The second-order valence-electron chi connectivity index (χ2n) is 1.81. The summed E-state index contributed by atoms with van der Waals surface area (Å²) in [5, 5.41) is 0. The number of rotatable bonds is 1. The van der Waals surface area contributed by atoms with E-state index in [4.69, 9.17) is 11.6 Å². The van der Waals surface area contributed by atoms with E-state index < -0.39 is 0 Å². The van der Waals surface area contributed by atoms with Gasteiger partial charge in [-0.05, 0) is 12.1 Å². The Balaban J connectivity index is 3.03. The molecule has 10 heavy (non-hydrogen) atoms. The van der Waals surface area contributed by atoms with Crippen molar-refractivity contribution in [2.75, 3.05) is 0 Å². The van der Waals surface area contributed by atoms with Crippen LogP contribution in [0.5, 0.6) is 0 Å². The van der Waals surface area contributed by atoms with Crippen LogP contribution in [0.15, 0.2) is 29.8 Å². The van der Waals surface area contributed by atoms with E-state index in [0.717, 1.165) is 0 Å². The highest BCUT2D eigenvalue weighted by Gasteiger charge is 1.92. The average molecular weight is 157 g/mol. The molecule has 0 saturated heterocycles. The maximum Gasteiger partial charge on any atom is 0.130 e. The van der Waals surface area contributed by atoms with Crippen LogP contribution in [-0.2, 0) is 0 Å². The highest BCUT2D eigenvalue weighted by molar-refractivity contribution is 6.27. The molecule has 1 aromatic carbocycles. The molecule has 52 valence electrons. The number of hydrogen-bond donors (Lipinski definition) is 0. The first-order valence-corrected chi connectivity index (χ1v) is 3.29. The lowest BCUT2D eigenvalue weighted by molar-refractivity contribution is 0.625. The van der Waals surface area contributed by atoms with E-state index in [1.165, 1.54) is 17.7 Å². The van der Waals surface area contributed by atoms with E-state index >= 15 is 0 Å². The van der Waals surface area contributed by atoms with Gasteiger partial charge >= 0.3 is 0 Å². The third kappa shape index (κ3) is 1.58. The van der Waals surface area contributed by atoms with Gasteiger partial charge in [0.25, 0.3) is 0 Å². The molecule has 0 N–H and O–H groups in total. The molecular weight excluding hydrogens is 151 g/mol. The maximum atomic E-state index is 12.7. The van der Waals surface area contributed by atoms with Crippen LogP contribution in [0.3, 0.4) is 0 Å². The molecular formula is C8H6ClF. The molecule has 1 rings (SSSR count). The van der Waals surface area contributed by atoms with Crippen molar-refractivity contribution in [3.8, 4) is 0 Å². The van der Waals surface area contributed by atoms with Gasteiger partial charge in [-0.1, -0.05) is 29.8 Å². The van der Waals surface area contributed by atoms with E-state index in [9.17, 15) is 4.39 Å². The first kappa shape index (κ1) is 7.29. The lowest BCUT2D eigenvalue weighted by atomic mass is 10.2. The summed E-state index contributed by atoms with van der Waals surface area (Å²) < 4.78 is 12.7. The SMILES string of the molecule is Fc1ccccc1/C=C/Cl. The van der Waals surface area contributed by atoms with Crippen LogP contribution in [0.2, 0.25) is 0 Å². The Bertz CT molecular complexity index is 243. The summed E-state index contributed by atoms with van der Waals surface area (Å²) in [6.07, 6.45) is 1.51. The van der Waals surface area contributed by atoms with Gasteiger partial charge in [-0.25, -0.2) is 4.39 Å². The first-order valence-electron chi connectivity index (χ1n) is 2.86. The molecule has 0 atom stereocenters. The van der Waals surface area contributed by atoms with Gasteiger partial charge in [-0.3, -0.25) is 0 Å². The van der Waals surface area contributed by atoms with Crippen LogP contribution < -0.4 is 0 Å². The summed E-state index contributed by atoms with van der Waals surface area (Å²) in [4.78, 5) is 0. The standard InChI is InChI=1S/C8H6ClF/c9-6-5-7-3-1-2-4-8(7)10/h1-6H/b6-5+. The fourth-order valence-corrected chi connectivity index (χ4v) is 0.814. The van der Waals surface area contributed by atoms with Crippen molar-refractivity contribution in [3.63, 3.8) is 0 Å². The molecule has 0 saturated carbocycles. The fourth-order valence-electron chi connectivity index (χ4n) is 0.678. The Labute approximate surface area is 63.9 Å².